The molecule has 1 saturated heterocycles. The number of aryl methyl sites for hydroxylation is 2. The molecule has 6 bridgehead atoms. The van der Waals surface area contributed by atoms with Crippen LogP contribution in [-0.4, -0.2) is 46.7 Å². The van der Waals surface area contributed by atoms with Crippen LogP contribution in [-0.2, 0) is 33.7 Å². The van der Waals surface area contributed by atoms with Crippen LogP contribution in [0, 0.1) is 12.3 Å². The van der Waals surface area contributed by atoms with Gasteiger partial charge in [-0.3, -0.25) is 14.6 Å². The summed E-state index contributed by atoms with van der Waals surface area (Å²) in [5.74, 6) is -0.559. The summed E-state index contributed by atoms with van der Waals surface area (Å²) in [7, 11) is 0. The van der Waals surface area contributed by atoms with E-state index in [1.807, 2.05) is 18.2 Å². The number of carbonyl (C=O) groups excluding carboxylic acids is 2. The van der Waals surface area contributed by atoms with Gasteiger partial charge in [-0.25, -0.2) is 5.43 Å². The number of aromatic nitrogens is 1. The molecule has 0 unspecified atom stereocenters. The number of amides is 1. The molecule has 6 rings (SSSR count). The number of nitrogens with one attached hydrogen (secondary N) is 1. The monoisotopic (exact) mass is 593 g/mol. The Bertz CT molecular complexity index is 1740. The van der Waals surface area contributed by atoms with Crippen LogP contribution in [0.3, 0.4) is 0 Å². The highest BCUT2D eigenvalue weighted by Gasteiger charge is 2.33. The largest absolute Gasteiger partial charge is 0.464 e. The Morgan fingerprint density at radius 3 is 2.61 bits per heavy atom. The number of ether oxygens (including phenoxy) is 1. The van der Waals surface area contributed by atoms with Gasteiger partial charge in [0.1, 0.15) is 6.04 Å². The number of anilines is 1. The van der Waals surface area contributed by atoms with Crippen LogP contribution < -0.4 is 16.9 Å². The summed E-state index contributed by atoms with van der Waals surface area (Å²) in [5, 5.41) is 2.68. The number of hydrogen-bond donors (Lipinski definition) is 3. The smallest absolute Gasteiger partial charge is 0.324 e. The molecule has 0 radical (unpaired) electrons. The highest BCUT2D eigenvalue weighted by atomic mass is 16.5. The molecule has 8 nitrogen and oxygen atoms in total. The average molecular weight is 594 g/mol. The second-order valence-corrected chi connectivity index (χ2v) is 13.2. The quantitative estimate of drug-likeness (QED) is 0.212. The van der Waals surface area contributed by atoms with Crippen molar-refractivity contribution in [3.8, 4) is 22.4 Å². The maximum atomic E-state index is 13.4. The first-order valence-corrected chi connectivity index (χ1v) is 15.6. The number of benzene rings is 3. The summed E-state index contributed by atoms with van der Waals surface area (Å²) in [6.07, 6.45) is 2.39. The van der Waals surface area contributed by atoms with E-state index >= 15 is 0 Å². The molecule has 2 aliphatic rings. The number of nitrogens with two attached hydrogens (primary N) is 2. The second kappa shape index (κ2) is 11.7. The standard InChI is InChI=1S/C36H43N5O3/c1-5-40-32-12-11-24-19-28(32)29(33(40)25-8-6-9-27(37)18-25)20-36(3,4)21-44-35(43)31-10-7-13-41(39-31)34(42)30(38)17-23-14-22(2)15-26(24)16-23/h6,8-9,11-12,14-16,18-19,30-31,39H,5,7,10,13,17,20-21,37-38H2,1-4H3/t30-,31-/m0/s1. The van der Waals surface area contributed by atoms with Crippen LogP contribution >= 0.6 is 0 Å². The number of hydrazine groups is 1. The van der Waals surface area contributed by atoms with E-state index in [0.29, 0.717) is 32.2 Å². The van der Waals surface area contributed by atoms with Crippen molar-refractivity contribution in [1.29, 1.82) is 0 Å². The topological polar surface area (TPSA) is 116 Å². The van der Waals surface area contributed by atoms with Gasteiger partial charge < -0.3 is 20.8 Å². The third-order valence-corrected chi connectivity index (χ3v) is 8.89. The Hall–Kier alpha value is -4.14. The van der Waals surface area contributed by atoms with Gasteiger partial charge in [0.2, 0.25) is 0 Å². The zero-order valence-electron chi connectivity index (χ0n) is 26.2. The van der Waals surface area contributed by atoms with Gasteiger partial charge in [0.15, 0.2) is 0 Å². The number of hydrogen-bond acceptors (Lipinski definition) is 6. The number of esters is 1. The van der Waals surface area contributed by atoms with E-state index in [4.69, 9.17) is 16.2 Å². The third-order valence-electron chi connectivity index (χ3n) is 8.89. The molecule has 5 N–H and O–H groups in total. The molecule has 0 saturated carbocycles. The Morgan fingerprint density at radius 2 is 1.84 bits per heavy atom. The molecule has 1 amide bonds. The minimum absolute atomic E-state index is 0.215. The third kappa shape index (κ3) is 5.84. The molecule has 1 aromatic heterocycles. The van der Waals surface area contributed by atoms with E-state index in [1.165, 1.54) is 16.0 Å². The van der Waals surface area contributed by atoms with Gasteiger partial charge in [0.05, 0.1) is 18.3 Å². The lowest BCUT2D eigenvalue weighted by molar-refractivity contribution is -0.154. The molecule has 0 spiro atoms. The molecular formula is C36H43N5O3. The first-order valence-electron chi connectivity index (χ1n) is 15.6. The SMILES string of the molecule is CCn1c(-c2cccc(N)c2)c2c3cc(ccc31)-c1cc(C)cc(c1)C[C@H](N)C(=O)N1CCC[C@H](N1)C(=O)OCC(C)(C)C2. The predicted octanol–water partition coefficient (Wildman–Crippen LogP) is 5.38. The van der Waals surface area contributed by atoms with Crippen molar-refractivity contribution in [1.82, 2.24) is 15.0 Å². The molecule has 3 aromatic carbocycles. The van der Waals surface area contributed by atoms with Crippen molar-refractivity contribution in [3.05, 3.63) is 77.4 Å². The number of fused-ring (bicyclic) bond motifs is 6. The minimum Gasteiger partial charge on any atom is -0.464 e. The molecule has 44 heavy (non-hydrogen) atoms. The van der Waals surface area contributed by atoms with Crippen molar-refractivity contribution in [2.75, 3.05) is 18.9 Å². The average Bonchev–Trinajstić information content (AvgIpc) is 3.30. The summed E-state index contributed by atoms with van der Waals surface area (Å²) < 4.78 is 8.31. The molecule has 230 valence electrons. The lowest BCUT2D eigenvalue weighted by Gasteiger charge is -2.35. The molecule has 2 aliphatic heterocycles. The van der Waals surface area contributed by atoms with Crippen LogP contribution in [0.15, 0.2) is 60.7 Å². The van der Waals surface area contributed by atoms with E-state index in [1.54, 1.807) is 0 Å². The number of nitrogens with zero attached hydrogens (tertiary/aromatic N) is 2. The van der Waals surface area contributed by atoms with Gasteiger partial charge in [-0.15, -0.1) is 0 Å². The number of cyclic esters (lactones) is 1. The fourth-order valence-electron chi connectivity index (χ4n) is 6.83. The van der Waals surface area contributed by atoms with Crippen LogP contribution in [0.5, 0.6) is 0 Å². The maximum Gasteiger partial charge on any atom is 0.324 e. The first-order chi connectivity index (χ1) is 21.0. The highest BCUT2D eigenvalue weighted by Crippen LogP contribution is 2.40. The van der Waals surface area contributed by atoms with E-state index in [-0.39, 0.29) is 23.9 Å². The zero-order valence-corrected chi connectivity index (χ0v) is 26.2. The Balaban J connectivity index is 1.54. The molecule has 1 fully saturated rings. The summed E-state index contributed by atoms with van der Waals surface area (Å²) in [6, 6.07) is 19.8. The maximum absolute atomic E-state index is 13.4. The van der Waals surface area contributed by atoms with E-state index in [0.717, 1.165) is 51.3 Å². The van der Waals surface area contributed by atoms with E-state index < -0.39 is 12.1 Å². The van der Waals surface area contributed by atoms with Gasteiger partial charge >= 0.3 is 5.97 Å². The number of carbonyl (C=O) groups is 2. The van der Waals surface area contributed by atoms with Crippen LogP contribution in [0.1, 0.15) is 50.3 Å². The van der Waals surface area contributed by atoms with E-state index in [2.05, 4.69) is 80.2 Å². The predicted molar refractivity (Wildman–Crippen MR) is 176 cm³/mol. The van der Waals surface area contributed by atoms with Gasteiger partial charge in [0, 0.05) is 40.7 Å². The summed E-state index contributed by atoms with van der Waals surface area (Å²) in [4.78, 5) is 26.6. The Labute approximate surface area is 259 Å². The van der Waals surface area contributed by atoms with Crippen molar-refractivity contribution >= 4 is 28.5 Å². The Morgan fingerprint density at radius 1 is 1.02 bits per heavy atom. The number of rotatable bonds is 2. The highest BCUT2D eigenvalue weighted by molar-refractivity contribution is 5.95. The van der Waals surface area contributed by atoms with Crippen LogP contribution in [0.2, 0.25) is 0 Å². The van der Waals surface area contributed by atoms with Crippen molar-refractivity contribution < 1.29 is 14.3 Å². The molecule has 8 heteroatoms. The minimum atomic E-state index is -0.738. The fraction of sp³-hybridized carbons (Fsp3) is 0.389. The summed E-state index contributed by atoms with van der Waals surface area (Å²) in [5.41, 5.74) is 25.1. The summed E-state index contributed by atoms with van der Waals surface area (Å²) in [6.45, 7) is 10.1. The van der Waals surface area contributed by atoms with Gasteiger partial charge in [-0.05, 0) is 86.1 Å². The zero-order chi connectivity index (χ0) is 31.2. The normalized spacial score (nSPS) is 20.8. The lowest BCUT2D eigenvalue weighted by Crippen LogP contribution is -2.59. The second-order valence-electron chi connectivity index (χ2n) is 13.2. The van der Waals surface area contributed by atoms with Crippen molar-refractivity contribution in [2.45, 2.75) is 72.0 Å². The van der Waals surface area contributed by atoms with Gasteiger partial charge in [0.25, 0.3) is 5.91 Å². The number of nitrogen functional groups attached to an aromatic ring is 1. The molecule has 4 aromatic rings. The fourth-order valence-corrected chi connectivity index (χ4v) is 6.83. The van der Waals surface area contributed by atoms with Crippen molar-refractivity contribution in [3.63, 3.8) is 0 Å². The molecule has 0 aliphatic carbocycles. The van der Waals surface area contributed by atoms with E-state index in [9.17, 15) is 9.59 Å². The van der Waals surface area contributed by atoms with Gasteiger partial charge in [-0.1, -0.05) is 55.8 Å². The Kier molecular flexibility index (Phi) is 7.99. The van der Waals surface area contributed by atoms with Gasteiger partial charge in [-0.2, -0.15) is 0 Å². The van der Waals surface area contributed by atoms with Crippen molar-refractivity contribution in [2.24, 2.45) is 11.1 Å². The molecule has 2 atom stereocenters. The lowest BCUT2D eigenvalue weighted by atomic mass is 9.84. The molecule has 3 heterocycles. The first kappa shape index (κ1) is 29.9. The van der Waals surface area contributed by atoms with Crippen LogP contribution in [0.4, 0.5) is 5.69 Å². The summed E-state index contributed by atoms with van der Waals surface area (Å²) >= 11 is 0. The molecular weight excluding hydrogens is 550 g/mol. The van der Waals surface area contributed by atoms with Crippen LogP contribution in [0.25, 0.3) is 33.3 Å².